The Kier molecular flexibility index (Phi) is 6.32. The molecule has 136 valence electrons. The molecule has 0 unspecified atom stereocenters. The first-order valence-corrected chi connectivity index (χ1v) is 8.07. The van der Waals surface area contributed by atoms with Crippen LogP contribution in [0, 0.1) is 12.3 Å². The Morgan fingerprint density at radius 3 is 2.40 bits per heavy atom. The van der Waals surface area contributed by atoms with E-state index in [0.29, 0.717) is 18.2 Å². The maximum Gasteiger partial charge on any atom is 0.490 e. The number of ether oxygens (including phenoxy) is 1. The molecule has 1 aromatic carbocycles. The van der Waals surface area contributed by atoms with E-state index in [2.05, 4.69) is 11.2 Å². The summed E-state index contributed by atoms with van der Waals surface area (Å²) in [5.74, 6) is 0.808. The fraction of sp³-hybridized carbons (Fsp3) is 0.500. The minimum atomic E-state index is -5.08. The Morgan fingerprint density at radius 2 is 1.88 bits per heavy atom. The first-order valence-electron chi connectivity index (χ1n) is 8.07. The number of terminal acetylenes is 1. The van der Waals surface area contributed by atoms with Gasteiger partial charge in [0, 0.05) is 17.6 Å². The van der Waals surface area contributed by atoms with Gasteiger partial charge in [-0.25, -0.2) is 4.79 Å². The number of aliphatic carboxylic acids is 1. The summed E-state index contributed by atoms with van der Waals surface area (Å²) in [4.78, 5) is 8.90. The van der Waals surface area contributed by atoms with Gasteiger partial charge in [0.15, 0.2) is 0 Å². The molecule has 0 amide bonds. The van der Waals surface area contributed by atoms with Gasteiger partial charge in [-0.3, -0.25) is 0 Å². The van der Waals surface area contributed by atoms with E-state index in [0.717, 1.165) is 24.2 Å². The average Bonchev–Trinajstić information content (AvgIpc) is 2.54. The smallest absolute Gasteiger partial charge is 0.490 e. The molecule has 0 spiro atoms. The molecule has 2 aliphatic heterocycles. The summed E-state index contributed by atoms with van der Waals surface area (Å²) in [7, 11) is 0. The molecule has 2 bridgehead atoms. The lowest BCUT2D eigenvalue weighted by molar-refractivity contribution is -0.192. The molecule has 25 heavy (non-hydrogen) atoms. The molecular formula is C18H20F3NO3. The molecule has 7 heteroatoms. The topological polar surface area (TPSA) is 58.6 Å². The van der Waals surface area contributed by atoms with Crippen LogP contribution in [-0.2, 0) is 4.79 Å². The molecule has 0 aromatic heterocycles. The van der Waals surface area contributed by atoms with Crippen molar-refractivity contribution < 1.29 is 27.8 Å². The van der Waals surface area contributed by atoms with E-state index in [9.17, 15) is 13.2 Å². The number of carboxylic acids is 1. The summed E-state index contributed by atoms with van der Waals surface area (Å²) in [5.41, 5.74) is 0.890. The third-order valence-corrected chi connectivity index (χ3v) is 4.22. The number of carbonyl (C=O) groups is 1. The maximum atomic E-state index is 10.6. The number of hydrogen-bond acceptors (Lipinski definition) is 3. The highest BCUT2D eigenvalue weighted by Gasteiger charge is 2.38. The van der Waals surface area contributed by atoms with Crippen LogP contribution in [-0.4, -0.2) is 35.4 Å². The lowest BCUT2D eigenvalue weighted by Gasteiger charge is -2.40. The first-order chi connectivity index (χ1) is 11.8. The van der Waals surface area contributed by atoms with Crippen molar-refractivity contribution in [1.82, 2.24) is 5.32 Å². The highest BCUT2D eigenvalue weighted by Crippen LogP contribution is 2.28. The number of piperidine rings is 2. The van der Waals surface area contributed by atoms with Crippen LogP contribution in [0.1, 0.15) is 37.7 Å². The van der Waals surface area contributed by atoms with Crippen molar-refractivity contribution in [2.24, 2.45) is 0 Å². The van der Waals surface area contributed by atoms with Crippen molar-refractivity contribution in [3.8, 4) is 18.1 Å². The SMILES string of the molecule is C#Cc1cccc(O[C@@H]2C[C@H]3CCC[C@@H](C2)N3)c1.O=C(O)C(F)(F)F. The van der Waals surface area contributed by atoms with Crippen LogP contribution in [0.25, 0.3) is 0 Å². The molecule has 0 radical (unpaired) electrons. The zero-order valence-corrected chi connectivity index (χ0v) is 13.6. The fourth-order valence-corrected chi connectivity index (χ4v) is 3.16. The van der Waals surface area contributed by atoms with Crippen LogP contribution in [0.5, 0.6) is 5.75 Å². The van der Waals surface area contributed by atoms with Crippen molar-refractivity contribution in [2.45, 2.75) is 56.5 Å². The number of carboxylic acid groups (broad SMARTS) is 1. The van der Waals surface area contributed by atoms with Gasteiger partial charge in [-0.05, 0) is 43.9 Å². The lowest BCUT2D eigenvalue weighted by atomic mass is 9.85. The molecule has 2 N–H and O–H groups in total. The molecule has 0 aliphatic carbocycles. The van der Waals surface area contributed by atoms with Crippen molar-refractivity contribution in [3.05, 3.63) is 29.8 Å². The summed E-state index contributed by atoms with van der Waals surface area (Å²) >= 11 is 0. The highest BCUT2D eigenvalue weighted by molar-refractivity contribution is 5.73. The predicted octanol–water partition coefficient (Wildman–Crippen LogP) is 3.35. The fourth-order valence-electron chi connectivity index (χ4n) is 3.16. The monoisotopic (exact) mass is 355 g/mol. The zero-order valence-electron chi connectivity index (χ0n) is 13.6. The average molecular weight is 355 g/mol. The number of rotatable bonds is 2. The van der Waals surface area contributed by atoms with E-state index in [4.69, 9.17) is 21.1 Å². The Morgan fingerprint density at radius 1 is 1.28 bits per heavy atom. The van der Waals surface area contributed by atoms with Crippen LogP contribution in [0.4, 0.5) is 13.2 Å². The van der Waals surface area contributed by atoms with Crippen LogP contribution in [0.2, 0.25) is 0 Å². The van der Waals surface area contributed by atoms with Crippen molar-refractivity contribution in [3.63, 3.8) is 0 Å². The number of fused-ring (bicyclic) bond motifs is 2. The Bertz CT molecular complexity index is 627. The molecular weight excluding hydrogens is 335 g/mol. The number of benzene rings is 1. The van der Waals surface area contributed by atoms with Crippen molar-refractivity contribution >= 4 is 5.97 Å². The second kappa shape index (κ2) is 8.26. The van der Waals surface area contributed by atoms with Crippen LogP contribution in [0.3, 0.4) is 0 Å². The van der Waals surface area contributed by atoms with Crippen molar-refractivity contribution in [2.75, 3.05) is 0 Å². The van der Waals surface area contributed by atoms with Crippen molar-refractivity contribution in [1.29, 1.82) is 0 Å². The second-order valence-electron chi connectivity index (χ2n) is 6.18. The molecule has 0 saturated carbocycles. The Labute approximate surface area is 144 Å². The highest BCUT2D eigenvalue weighted by atomic mass is 19.4. The van der Waals surface area contributed by atoms with E-state index in [-0.39, 0.29) is 0 Å². The van der Waals surface area contributed by atoms with E-state index in [1.165, 1.54) is 19.3 Å². The standard InChI is InChI=1S/C16H19NO.C2HF3O2/c1-2-12-5-3-8-15(9-12)18-16-10-13-6-4-7-14(11-16)17-13;3-2(4,5)1(6)7/h1,3,5,8-9,13-14,16-17H,4,6-7,10-11H2;(H,6,7)/t13-,14+,16-;. The van der Waals surface area contributed by atoms with Gasteiger partial charge in [-0.2, -0.15) is 13.2 Å². The van der Waals surface area contributed by atoms with Gasteiger partial charge in [-0.1, -0.05) is 18.4 Å². The lowest BCUT2D eigenvalue weighted by Crippen LogP contribution is -2.51. The molecule has 4 nitrogen and oxygen atoms in total. The third kappa shape index (κ3) is 5.98. The number of alkyl halides is 3. The summed E-state index contributed by atoms with van der Waals surface area (Å²) in [6.45, 7) is 0. The largest absolute Gasteiger partial charge is 0.490 e. The molecule has 2 saturated heterocycles. The van der Waals surface area contributed by atoms with Gasteiger partial charge in [0.25, 0.3) is 0 Å². The van der Waals surface area contributed by atoms with Gasteiger partial charge in [0.2, 0.25) is 0 Å². The second-order valence-corrected chi connectivity index (χ2v) is 6.18. The van der Waals surface area contributed by atoms with Gasteiger partial charge >= 0.3 is 12.1 Å². The Balaban J connectivity index is 0.000000277. The maximum absolute atomic E-state index is 10.6. The number of nitrogens with one attached hydrogen (secondary N) is 1. The third-order valence-electron chi connectivity index (χ3n) is 4.22. The zero-order chi connectivity index (χ0) is 18.4. The van der Waals surface area contributed by atoms with Crippen LogP contribution >= 0.6 is 0 Å². The summed E-state index contributed by atoms with van der Waals surface area (Å²) in [6.07, 6.45) is 6.86. The number of hydrogen-bond donors (Lipinski definition) is 2. The molecule has 3 atom stereocenters. The van der Waals surface area contributed by atoms with Gasteiger partial charge < -0.3 is 15.2 Å². The van der Waals surface area contributed by atoms with Gasteiger partial charge in [-0.15, -0.1) is 6.42 Å². The van der Waals surface area contributed by atoms with E-state index >= 15 is 0 Å². The molecule has 2 heterocycles. The Hall–Kier alpha value is -2.20. The van der Waals surface area contributed by atoms with E-state index < -0.39 is 12.1 Å². The minimum Gasteiger partial charge on any atom is -0.490 e. The van der Waals surface area contributed by atoms with Gasteiger partial charge in [0.1, 0.15) is 11.9 Å². The summed E-state index contributed by atoms with van der Waals surface area (Å²) < 4.78 is 37.8. The normalized spacial score (nSPS) is 25.1. The van der Waals surface area contributed by atoms with Crippen LogP contribution < -0.4 is 10.1 Å². The molecule has 2 fully saturated rings. The molecule has 3 rings (SSSR count). The summed E-state index contributed by atoms with van der Waals surface area (Å²) in [5, 5.41) is 10.8. The molecule has 1 aromatic rings. The minimum absolute atomic E-state index is 0.342. The molecule has 2 aliphatic rings. The first kappa shape index (κ1) is 19.1. The van der Waals surface area contributed by atoms with Gasteiger partial charge in [0.05, 0.1) is 0 Å². The quantitative estimate of drug-likeness (QED) is 0.799. The summed E-state index contributed by atoms with van der Waals surface area (Å²) in [6, 6.07) is 9.16. The number of halogens is 3. The van der Waals surface area contributed by atoms with E-state index in [1.54, 1.807) is 0 Å². The van der Waals surface area contributed by atoms with E-state index in [1.807, 2.05) is 24.3 Å². The van der Waals surface area contributed by atoms with Crippen LogP contribution in [0.15, 0.2) is 24.3 Å². The predicted molar refractivity (Wildman–Crippen MR) is 86.3 cm³/mol.